The average molecular weight is 213 g/mol. The van der Waals surface area contributed by atoms with Crippen molar-refractivity contribution in [1.82, 2.24) is 4.90 Å². The summed E-state index contributed by atoms with van der Waals surface area (Å²) in [7, 11) is 2.27. The lowest BCUT2D eigenvalue weighted by Crippen LogP contribution is -2.46. The molecule has 1 spiro atoms. The third kappa shape index (κ3) is 1.28. The number of likely N-dealkylation sites (N-methyl/N-ethyl adjacent to an activating group) is 1. The van der Waals surface area contributed by atoms with Crippen LogP contribution in [0.5, 0.6) is 0 Å². The van der Waals surface area contributed by atoms with Crippen LogP contribution in [0.25, 0.3) is 0 Å². The topological polar surface area (TPSA) is 3.24 Å². The zero-order valence-electron chi connectivity index (χ0n) is 10.00. The number of rotatable bonds is 0. The lowest BCUT2D eigenvalue weighted by molar-refractivity contribution is 0.114. The normalized spacial score (nSPS) is 29.7. The molecule has 1 aliphatic heterocycles. The first-order chi connectivity index (χ1) is 7.72. The third-order valence-electron chi connectivity index (χ3n) is 4.40. The molecule has 1 heteroatoms. The Morgan fingerprint density at radius 3 is 2.81 bits per heavy atom. The third-order valence-corrected chi connectivity index (χ3v) is 4.40. The van der Waals surface area contributed by atoms with Crippen molar-refractivity contribution < 1.29 is 0 Å². The van der Waals surface area contributed by atoms with Gasteiger partial charge < -0.3 is 0 Å². The van der Waals surface area contributed by atoms with Crippen molar-refractivity contribution >= 4 is 0 Å². The maximum Gasteiger partial charge on any atom is 0.0500 e. The van der Waals surface area contributed by atoms with Gasteiger partial charge in [0, 0.05) is 6.54 Å². The molecule has 1 fully saturated rings. The van der Waals surface area contributed by atoms with Crippen molar-refractivity contribution in [2.75, 3.05) is 13.6 Å². The first kappa shape index (κ1) is 10.1. The molecule has 0 aromatic heterocycles. The molecule has 2 aliphatic rings. The summed E-state index contributed by atoms with van der Waals surface area (Å²) in [4.78, 5) is 2.55. The molecular weight excluding hydrogens is 194 g/mol. The predicted molar refractivity (Wildman–Crippen MR) is 67.4 cm³/mol. The Hall–Kier alpha value is -1.08. The quantitative estimate of drug-likeness (QED) is 0.599. The first-order valence-electron chi connectivity index (χ1n) is 6.19. The highest BCUT2D eigenvalue weighted by molar-refractivity contribution is 5.39. The van der Waals surface area contributed by atoms with Gasteiger partial charge in [-0.1, -0.05) is 36.4 Å². The second kappa shape index (κ2) is 3.46. The summed E-state index contributed by atoms with van der Waals surface area (Å²) < 4.78 is 0. The molecule has 1 heterocycles. The van der Waals surface area contributed by atoms with Gasteiger partial charge in [-0.2, -0.15) is 0 Å². The van der Waals surface area contributed by atoms with Crippen LogP contribution in [0.4, 0.5) is 0 Å². The van der Waals surface area contributed by atoms with Crippen LogP contribution in [-0.4, -0.2) is 18.5 Å². The number of hydrogen-bond donors (Lipinski definition) is 0. The molecule has 0 radical (unpaired) electrons. The van der Waals surface area contributed by atoms with Crippen LogP contribution >= 0.6 is 0 Å². The fourth-order valence-electron chi connectivity index (χ4n) is 3.43. The smallest absolute Gasteiger partial charge is 0.0500 e. The maximum absolute atomic E-state index is 4.18. The summed E-state index contributed by atoms with van der Waals surface area (Å²) in [6.07, 6.45) is 4.79. The number of nitrogens with zero attached hydrogens (tertiary/aromatic N) is 1. The standard InChI is InChI=1S/C15H19N/c1-12-7-9-15(11-12)14-6-4-3-5-13(14)8-10-16(15)2/h3-6H,1,7-11H2,2H3. The monoisotopic (exact) mass is 213 g/mol. The molecule has 1 aromatic rings. The largest absolute Gasteiger partial charge is 0.296 e. The Labute approximate surface area is 97.8 Å². The van der Waals surface area contributed by atoms with Crippen LogP contribution in [-0.2, 0) is 12.0 Å². The Morgan fingerprint density at radius 2 is 2.06 bits per heavy atom. The van der Waals surface area contributed by atoms with E-state index in [2.05, 4.69) is 42.8 Å². The Balaban J connectivity index is 2.13. The van der Waals surface area contributed by atoms with Gasteiger partial charge in [-0.05, 0) is 43.9 Å². The zero-order valence-corrected chi connectivity index (χ0v) is 10.00. The van der Waals surface area contributed by atoms with E-state index in [1.54, 1.807) is 11.1 Å². The van der Waals surface area contributed by atoms with E-state index in [1.807, 2.05) is 0 Å². The molecule has 0 saturated heterocycles. The first-order valence-corrected chi connectivity index (χ1v) is 6.19. The van der Waals surface area contributed by atoms with Gasteiger partial charge in [0.25, 0.3) is 0 Å². The Morgan fingerprint density at radius 1 is 1.25 bits per heavy atom. The van der Waals surface area contributed by atoms with Gasteiger partial charge >= 0.3 is 0 Å². The molecule has 0 amide bonds. The van der Waals surface area contributed by atoms with Crippen molar-refractivity contribution in [3.8, 4) is 0 Å². The summed E-state index contributed by atoms with van der Waals surface area (Å²) in [5.74, 6) is 0. The maximum atomic E-state index is 4.18. The molecule has 1 nitrogen and oxygen atoms in total. The lowest BCUT2D eigenvalue weighted by atomic mass is 9.79. The van der Waals surface area contributed by atoms with E-state index in [-0.39, 0.29) is 5.54 Å². The van der Waals surface area contributed by atoms with Gasteiger partial charge in [-0.25, -0.2) is 0 Å². The molecule has 1 atom stereocenters. The van der Waals surface area contributed by atoms with Gasteiger partial charge in [0.1, 0.15) is 0 Å². The summed E-state index contributed by atoms with van der Waals surface area (Å²) in [6.45, 7) is 5.37. The molecular formula is C15H19N. The number of hydrogen-bond acceptors (Lipinski definition) is 1. The molecule has 1 saturated carbocycles. The van der Waals surface area contributed by atoms with Gasteiger partial charge in [0.2, 0.25) is 0 Å². The van der Waals surface area contributed by atoms with E-state index >= 15 is 0 Å². The second-order valence-electron chi connectivity index (χ2n) is 5.29. The highest BCUT2D eigenvalue weighted by Gasteiger charge is 2.43. The van der Waals surface area contributed by atoms with Crippen LogP contribution in [0.3, 0.4) is 0 Å². The lowest BCUT2D eigenvalue weighted by Gasteiger charge is -2.44. The van der Waals surface area contributed by atoms with E-state index < -0.39 is 0 Å². The summed E-state index contributed by atoms with van der Waals surface area (Å²) in [6, 6.07) is 8.97. The van der Waals surface area contributed by atoms with Gasteiger partial charge in [-0.3, -0.25) is 4.90 Å². The van der Waals surface area contributed by atoms with E-state index in [1.165, 1.54) is 31.4 Å². The highest BCUT2D eigenvalue weighted by atomic mass is 15.2. The minimum Gasteiger partial charge on any atom is -0.296 e. The summed E-state index contributed by atoms with van der Waals surface area (Å²) >= 11 is 0. The van der Waals surface area contributed by atoms with E-state index in [0.29, 0.717) is 0 Å². The molecule has 84 valence electrons. The molecule has 1 aromatic carbocycles. The van der Waals surface area contributed by atoms with Crippen molar-refractivity contribution in [2.45, 2.75) is 31.2 Å². The Kier molecular flexibility index (Phi) is 2.18. The summed E-state index contributed by atoms with van der Waals surface area (Å²) in [5, 5.41) is 0. The molecule has 3 rings (SSSR count). The van der Waals surface area contributed by atoms with Gasteiger partial charge in [0.15, 0.2) is 0 Å². The predicted octanol–water partition coefficient (Wildman–Crippen LogP) is 3.11. The van der Waals surface area contributed by atoms with Crippen molar-refractivity contribution in [1.29, 1.82) is 0 Å². The molecule has 1 aliphatic carbocycles. The van der Waals surface area contributed by atoms with Crippen LogP contribution in [0, 0.1) is 0 Å². The number of fused-ring (bicyclic) bond motifs is 2. The van der Waals surface area contributed by atoms with Crippen molar-refractivity contribution in [2.24, 2.45) is 0 Å². The highest BCUT2D eigenvalue weighted by Crippen LogP contribution is 2.48. The minimum absolute atomic E-state index is 0.270. The molecule has 0 bridgehead atoms. The Bertz CT molecular complexity index is 435. The summed E-state index contributed by atoms with van der Waals surface area (Å²) in [5.41, 5.74) is 4.80. The average Bonchev–Trinajstić information content (AvgIpc) is 2.68. The fourth-order valence-corrected chi connectivity index (χ4v) is 3.43. The van der Waals surface area contributed by atoms with Crippen LogP contribution in [0.2, 0.25) is 0 Å². The number of benzene rings is 1. The van der Waals surface area contributed by atoms with Gasteiger partial charge in [0.05, 0.1) is 5.54 Å². The van der Waals surface area contributed by atoms with E-state index in [0.717, 1.165) is 6.42 Å². The van der Waals surface area contributed by atoms with Crippen LogP contribution < -0.4 is 0 Å². The second-order valence-corrected chi connectivity index (χ2v) is 5.29. The molecule has 16 heavy (non-hydrogen) atoms. The molecule has 1 unspecified atom stereocenters. The van der Waals surface area contributed by atoms with Crippen molar-refractivity contribution in [3.05, 3.63) is 47.5 Å². The van der Waals surface area contributed by atoms with Crippen molar-refractivity contribution in [3.63, 3.8) is 0 Å². The SMILES string of the molecule is C=C1CCC2(C1)c1ccccc1CCN2C. The van der Waals surface area contributed by atoms with E-state index in [9.17, 15) is 0 Å². The van der Waals surface area contributed by atoms with Crippen LogP contribution in [0.15, 0.2) is 36.4 Å². The molecule has 0 N–H and O–H groups in total. The van der Waals surface area contributed by atoms with Crippen LogP contribution in [0.1, 0.15) is 30.4 Å². The van der Waals surface area contributed by atoms with Gasteiger partial charge in [-0.15, -0.1) is 0 Å². The fraction of sp³-hybridized carbons (Fsp3) is 0.467. The van der Waals surface area contributed by atoms with E-state index in [4.69, 9.17) is 0 Å². The zero-order chi connectivity index (χ0) is 11.2. The minimum atomic E-state index is 0.270.